The molecule has 1 amide bonds. The van der Waals surface area contributed by atoms with Gasteiger partial charge in [-0.2, -0.15) is 5.10 Å². The molecule has 3 aromatic heterocycles. The smallest absolute Gasteiger partial charge is 0.265 e. The molecular weight excluding hydrogens is 344 g/mol. The molecule has 24 heavy (non-hydrogen) atoms. The molecule has 3 heterocycles. The Bertz CT molecular complexity index is 1100. The van der Waals surface area contributed by atoms with Crippen LogP contribution in [0.1, 0.15) is 15.2 Å². The Hall–Kier alpha value is -2.44. The number of carbonyl (C=O) groups excluding carboxylic acids is 1. The van der Waals surface area contributed by atoms with Crippen LogP contribution in [0.4, 0.5) is 5.69 Å². The highest BCUT2D eigenvalue weighted by Crippen LogP contribution is 2.27. The second kappa shape index (κ2) is 5.58. The lowest BCUT2D eigenvalue weighted by atomic mass is 10.1. The van der Waals surface area contributed by atoms with Crippen molar-refractivity contribution in [1.82, 2.24) is 14.8 Å². The summed E-state index contributed by atoms with van der Waals surface area (Å²) in [5, 5.41) is 9.70. The van der Waals surface area contributed by atoms with Crippen molar-refractivity contribution in [3.8, 4) is 0 Å². The molecule has 4 rings (SSSR count). The van der Waals surface area contributed by atoms with Crippen molar-refractivity contribution < 1.29 is 4.79 Å². The second-order valence-corrected chi connectivity index (χ2v) is 7.04. The predicted octanol–water partition coefficient (Wildman–Crippen LogP) is 4.40. The van der Waals surface area contributed by atoms with E-state index in [2.05, 4.69) is 15.4 Å². The summed E-state index contributed by atoms with van der Waals surface area (Å²) in [6.07, 6.45) is 1.93. The van der Waals surface area contributed by atoms with Crippen LogP contribution in [0.5, 0.6) is 0 Å². The van der Waals surface area contributed by atoms with Crippen LogP contribution < -0.4 is 5.32 Å². The van der Waals surface area contributed by atoms with Gasteiger partial charge in [-0.05, 0) is 42.8 Å². The zero-order valence-corrected chi connectivity index (χ0v) is 14.6. The summed E-state index contributed by atoms with van der Waals surface area (Å²) in [5.74, 6) is -0.156. The van der Waals surface area contributed by atoms with Gasteiger partial charge in [-0.25, -0.2) is 4.98 Å². The molecule has 0 unspecified atom stereocenters. The molecule has 4 aromatic rings. The van der Waals surface area contributed by atoms with Gasteiger partial charge in [-0.3, -0.25) is 9.48 Å². The van der Waals surface area contributed by atoms with Crippen molar-refractivity contribution in [3.05, 3.63) is 52.1 Å². The monoisotopic (exact) mass is 356 g/mol. The number of pyridine rings is 1. The van der Waals surface area contributed by atoms with Gasteiger partial charge < -0.3 is 5.32 Å². The molecule has 1 N–H and O–H groups in total. The zero-order chi connectivity index (χ0) is 16.8. The van der Waals surface area contributed by atoms with Crippen LogP contribution >= 0.6 is 22.9 Å². The minimum atomic E-state index is -0.156. The first-order valence-corrected chi connectivity index (χ1v) is 8.50. The molecule has 0 aliphatic heterocycles. The maximum atomic E-state index is 12.5. The normalized spacial score (nSPS) is 11.3. The molecule has 120 valence electrons. The first-order chi connectivity index (χ1) is 11.5. The first-order valence-electron chi connectivity index (χ1n) is 7.31. The first kappa shape index (κ1) is 15.1. The van der Waals surface area contributed by atoms with Gasteiger partial charge in [0.15, 0.2) is 0 Å². The lowest BCUT2D eigenvalue weighted by Gasteiger charge is -2.05. The minimum absolute atomic E-state index is 0.156. The number of aromatic nitrogens is 3. The van der Waals surface area contributed by atoms with Crippen molar-refractivity contribution in [2.45, 2.75) is 6.92 Å². The Balaban J connectivity index is 1.67. The van der Waals surface area contributed by atoms with Gasteiger partial charge >= 0.3 is 0 Å². The van der Waals surface area contributed by atoms with Crippen LogP contribution in [0, 0.1) is 6.92 Å². The van der Waals surface area contributed by atoms with Gasteiger partial charge in [-0.15, -0.1) is 11.3 Å². The molecule has 0 fully saturated rings. The van der Waals surface area contributed by atoms with Gasteiger partial charge in [0.1, 0.15) is 9.98 Å². The van der Waals surface area contributed by atoms with Crippen LogP contribution in [-0.4, -0.2) is 20.7 Å². The molecular formula is C17H13ClN4OS. The fourth-order valence-electron chi connectivity index (χ4n) is 2.70. The van der Waals surface area contributed by atoms with Gasteiger partial charge in [0.25, 0.3) is 5.91 Å². The van der Waals surface area contributed by atoms with E-state index in [0.29, 0.717) is 10.0 Å². The van der Waals surface area contributed by atoms with E-state index < -0.39 is 0 Å². The Labute approximate surface area is 146 Å². The lowest BCUT2D eigenvalue weighted by molar-refractivity contribution is 0.103. The van der Waals surface area contributed by atoms with E-state index in [1.165, 1.54) is 11.3 Å². The number of fused-ring (bicyclic) bond motifs is 2. The number of aryl methyl sites for hydroxylation is 2. The van der Waals surface area contributed by atoms with E-state index in [4.69, 9.17) is 11.6 Å². The maximum absolute atomic E-state index is 12.5. The van der Waals surface area contributed by atoms with Gasteiger partial charge in [0.05, 0.1) is 10.4 Å². The Morgan fingerprint density at radius 1 is 1.25 bits per heavy atom. The van der Waals surface area contributed by atoms with Gasteiger partial charge in [-0.1, -0.05) is 11.6 Å². The third kappa shape index (κ3) is 2.64. The standard InChI is InChI=1S/C17H13ClN4OS/c1-9-5-12(6-11-8-22(2)21-15(9)11)19-16(23)13-7-10-3-4-14(18)20-17(10)24-13/h3-8H,1-2H3,(H,19,23). The summed E-state index contributed by atoms with van der Waals surface area (Å²) in [4.78, 5) is 18.1. The number of anilines is 1. The third-order valence-electron chi connectivity index (χ3n) is 3.74. The number of nitrogens with one attached hydrogen (secondary N) is 1. The largest absolute Gasteiger partial charge is 0.321 e. The number of rotatable bonds is 2. The highest BCUT2D eigenvalue weighted by Gasteiger charge is 2.13. The third-order valence-corrected chi connectivity index (χ3v) is 5.00. The molecule has 7 heteroatoms. The van der Waals surface area contributed by atoms with E-state index in [-0.39, 0.29) is 5.91 Å². The number of halogens is 1. The van der Waals surface area contributed by atoms with Crippen molar-refractivity contribution in [2.24, 2.45) is 7.05 Å². The average Bonchev–Trinajstić information content (AvgIpc) is 3.09. The van der Waals surface area contributed by atoms with E-state index >= 15 is 0 Å². The van der Waals surface area contributed by atoms with E-state index in [1.54, 1.807) is 10.7 Å². The number of hydrogen-bond donors (Lipinski definition) is 1. The van der Waals surface area contributed by atoms with Crippen LogP contribution in [0.15, 0.2) is 36.5 Å². The fraction of sp³-hybridized carbons (Fsp3) is 0.118. The summed E-state index contributed by atoms with van der Waals surface area (Å²) >= 11 is 7.23. The van der Waals surface area contributed by atoms with Crippen molar-refractivity contribution >= 4 is 55.7 Å². The molecule has 1 aromatic carbocycles. The summed E-state index contributed by atoms with van der Waals surface area (Å²) in [5.41, 5.74) is 2.71. The predicted molar refractivity (Wildman–Crippen MR) is 98.0 cm³/mol. The van der Waals surface area contributed by atoms with Crippen LogP contribution in [0.3, 0.4) is 0 Å². The second-order valence-electron chi connectivity index (χ2n) is 5.63. The molecule has 0 aliphatic carbocycles. The molecule has 0 atom stereocenters. The quantitative estimate of drug-likeness (QED) is 0.541. The zero-order valence-electron chi connectivity index (χ0n) is 13.0. The average molecular weight is 357 g/mol. The van der Waals surface area contributed by atoms with Gasteiger partial charge in [0.2, 0.25) is 0 Å². The van der Waals surface area contributed by atoms with Crippen LogP contribution in [0.2, 0.25) is 5.15 Å². The number of thiophene rings is 1. The Morgan fingerprint density at radius 2 is 2.08 bits per heavy atom. The number of amides is 1. The van der Waals surface area contributed by atoms with Crippen LogP contribution in [-0.2, 0) is 7.05 Å². The number of hydrogen-bond acceptors (Lipinski definition) is 4. The fourth-order valence-corrected chi connectivity index (χ4v) is 3.83. The maximum Gasteiger partial charge on any atom is 0.265 e. The molecule has 0 spiro atoms. The molecule has 0 saturated carbocycles. The number of benzene rings is 1. The van der Waals surface area contributed by atoms with Crippen molar-refractivity contribution in [2.75, 3.05) is 5.32 Å². The minimum Gasteiger partial charge on any atom is -0.321 e. The summed E-state index contributed by atoms with van der Waals surface area (Å²) < 4.78 is 1.77. The van der Waals surface area contributed by atoms with Crippen LogP contribution in [0.25, 0.3) is 21.1 Å². The topological polar surface area (TPSA) is 59.8 Å². The number of carbonyl (C=O) groups is 1. The van der Waals surface area contributed by atoms with Crippen molar-refractivity contribution in [3.63, 3.8) is 0 Å². The Morgan fingerprint density at radius 3 is 2.92 bits per heavy atom. The van der Waals surface area contributed by atoms with Crippen molar-refractivity contribution in [1.29, 1.82) is 0 Å². The molecule has 0 saturated heterocycles. The Kier molecular flexibility index (Phi) is 3.51. The van der Waals surface area contributed by atoms with Gasteiger partial charge in [0, 0.05) is 29.7 Å². The van der Waals surface area contributed by atoms with E-state index in [1.807, 2.05) is 44.4 Å². The molecule has 5 nitrogen and oxygen atoms in total. The number of nitrogens with zero attached hydrogens (tertiary/aromatic N) is 3. The highest BCUT2D eigenvalue weighted by atomic mass is 35.5. The summed E-state index contributed by atoms with van der Waals surface area (Å²) in [7, 11) is 1.88. The molecule has 0 radical (unpaired) electrons. The summed E-state index contributed by atoms with van der Waals surface area (Å²) in [6, 6.07) is 9.27. The lowest BCUT2D eigenvalue weighted by Crippen LogP contribution is -2.10. The highest BCUT2D eigenvalue weighted by molar-refractivity contribution is 7.20. The summed E-state index contributed by atoms with van der Waals surface area (Å²) in [6.45, 7) is 1.98. The molecule has 0 bridgehead atoms. The van der Waals surface area contributed by atoms with E-state index in [0.717, 1.165) is 32.4 Å². The SMILES string of the molecule is Cc1cc(NC(=O)c2cc3ccc(Cl)nc3s2)cc2cn(C)nc12. The molecule has 0 aliphatic rings. The van der Waals surface area contributed by atoms with E-state index in [9.17, 15) is 4.79 Å².